The van der Waals surface area contributed by atoms with Crippen LogP contribution in [0.15, 0.2) is 91.4 Å². The fourth-order valence-electron chi connectivity index (χ4n) is 11.5. The van der Waals surface area contributed by atoms with E-state index in [2.05, 4.69) is 79.1 Å². The summed E-state index contributed by atoms with van der Waals surface area (Å²) in [6.45, 7) is 6.75. The van der Waals surface area contributed by atoms with Crippen LogP contribution in [0.5, 0.6) is 11.5 Å². The lowest BCUT2D eigenvalue weighted by molar-refractivity contribution is -0.142. The molecule has 0 unspecified atom stereocenters. The standard InChI is InChI=1S/C76H110N18O23/c1-8-58(101)51(28-39(2)3)84-67(109)52(30-43-17-21-46(99)22-18-43)85-66(108)49(16-12-13-27-77)83-71(113)56(36-95)89-68(110)53(31-44-19-23-47(100)24-20-44)86-69(111)55(33-61(104)105)87-72(114)57(37-96)90-74(116)63(41(5)98)93-70(112)54(29-42-14-10-9-11-15-42)88-73(115)62(40(4)97)92-60(103)35-81-65(107)50(25-26-59(79)102)91-75(117)76(6,7)94-64(106)48(78)32-45-34-80-38-82-45/h9-11,14-15,17-24,34,38-41,48-57,62-63,95-100H,8,12-13,16,25-33,35-37,77-78H2,1-7H3,(H2,79,102)(H,80,82)(H,81,107)(H,83,113)(H,84,109)(H,85,108)(H,86,111)(H,87,114)(H,88,115)(H,89,110)(H,90,116)(H,91,117)(H,92,103)(H,93,112)(H,94,106)(H,104,105)/t40-,41+,48+,49+,50+,51+,52+,53+,54+,55+,56+,57+,62+,63+/m1/s1. The molecule has 1 aromatic heterocycles. The molecule has 4 rings (SSSR count). The Morgan fingerprint density at radius 3 is 1.38 bits per heavy atom. The number of ketones is 1. The first-order chi connectivity index (χ1) is 55.2. The highest BCUT2D eigenvalue weighted by Gasteiger charge is 2.40. The van der Waals surface area contributed by atoms with Crippen LogP contribution in [0.2, 0.25) is 0 Å². The van der Waals surface area contributed by atoms with Crippen molar-refractivity contribution in [2.75, 3.05) is 26.3 Å². The molecule has 0 saturated heterocycles. The average molecular weight is 1640 g/mol. The number of H-pyrrole nitrogens is 1. The van der Waals surface area contributed by atoms with Crippen LogP contribution in [-0.4, -0.2) is 257 Å². The minimum atomic E-state index is -2.19. The van der Waals surface area contributed by atoms with E-state index in [-0.39, 0.29) is 80.3 Å². The van der Waals surface area contributed by atoms with E-state index in [1.807, 2.05) is 13.8 Å². The summed E-state index contributed by atoms with van der Waals surface area (Å²) in [5.41, 5.74) is 16.9. The van der Waals surface area contributed by atoms with Gasteiger partial charge in [0, 0.05) is 44.7 Å². The molecule has 0 aliphatic rings. The predicted molar refractivity (Wildman–Crippen MR) is 416 cm³/mol. The Hall–Kier alpha value is -12.0. The van der Waals surface area contributed by atoms with Crippen molar-refractivity contribution in [3.05, 3.63) is 114 Å². The van der Waals surface area contributed by atoms with Crippen molar-refractivity contribution in [1.82, 2.24) is 79.1 Å². The molecule has 1 heterocycles. The molecule has 41 nitrogen and oxygen atoms in total. The SMILES string of the molecule is CCC(=O)[C@H](CC(C)C)NC(=O)[C@H](Cc1ccc(O)cc1)NC(=O)[C@H](CCCCN)NC(=O)[C@H](CO)NC(=O)[C@H](Cc1ccc(O)cc1)NC(=O)[C@H](CC(=O)O)NC(=O)[C@H](CO)NC(=O)[C@@H](NC(=O)[C@H](Cc1ccccc1)NC(=O)[C@@H](NC(=O)CNC(=O)[C@H](CCC(N)=O)NC(=O)C(C)(C)NC(=O)[C@@H](N)Cc1c[nH]cn1)[C@@H](C)O)[C@H](C)O. The van der Waals surface area contributed by atoms with Gasteiger partial charge >= 0.3 is 5.97 Å². The van der Waals surface area contributed by atoms with Gasteiger partial charge in [-0.2, -0.15) is 0 Å². The largest absolute Gasteiger partial charge is 0.508 e. The Morgan fingerprint density at radius 1 is 0.496 bits per heavy atom. The number of imidazole rings is 1. The van der Waals surface area contributed by atoms with Gasteiger partial charge in [-0.1, -0.05) is 75.4 Å². The lowest BCUT2D eigenvalue weighted by Gasteiger charge is -2.29. The van der Waals surface area contributed by atoms with E-state index in [0.29, 0.717) is 23.2 Å². The van der Waals surface area contributed by atoms with Crippen LogP contribution in [0.4, 0.5) is 0 Å². The Labute approximate surface area is 673 Å². The molecule has 0 fully saturated rings. The Kier molecular flexibility index (Phi) is 40.2. The van der Waals surface area contributed by atoms with E-state index in [1.54, 1.807) is 25.1 Å². The summed E-state index contributed by atoms with van der Waals surface area (Å²) in [6.07, 6.45) is -3.12. The molecule has 14 atom stereocenters. The highest BCUT2D eigenvalue weighted by atomic mass is 16.4. The first kappa shape index (κ1) is 97.3. The number of aromatic amines is 1. The number of Topliss-reactive ketones (excluding diaryl/α,β-unsaturated/α-hetero) is 1. The Morgan fingerprint density at radius 2 is 0.923 bits per heavy atom. The van der Waals surface area contributed by atoms with Crippen molar-refractivity contribution in [2.45, 2.75) is 216 Å². The number of carbonyl (C=O) groups excluding carboxylic acids is 15. The minimum absolute atomic E-state index is 0.00399. The van der Waals surface area contributed by atoms with Crippen LogP contribution in [0.1, 0.15) is 122 Å². The highest BCUT2D eigenvalue weighted by molar-refractivity contribution is 6.01. The number of benzene rings is 3. The molecule has 642 valence electrons. The summed E-state index contributed by atoms with van der Waals surface area (Å²) in [6, 6.07) is -1.79. The van der Waals surface area contributed by atoms with E-state index in [1.165, 1.54) is 87.0 Å². The maximum absolute atomic E-state index is 14.4. The van der Waals surface area contributed by atoms with Crippen LogP contribution < -0.4 is 86.3 Å². The van der Waals surface area contributed by atoms with Gasteiger partial charge in [0.1, 0.15) is 77.5 Å². The van der Waals surface area contributed by atoms with E-state index in [4.69, 9.17) is 17.2 Å². The van der Waals surface area contributed by atoms with Crippen LogP contribution >= 0.6 is 0 Å². The quantitative estimate of drug-likeness (QED) is 0.0183. The number of aliphatic hydroxyl groups is 4. The lowest BCUT2D eigenvalue weighted by Crippen LogP contribution is -2.63. The van der Waals surface area contributed by atoms with Gasteiger partial charge in [-0.25, -0.2) is 4.98 Å². The second-order valence-electron chi connectivity index (χ2n) is 28.9. The third-order valence-corrected chi connectivity index (χ3v) is 18.1. The minimum Gasteiger partial charge on any atom is -0.508 e. The van der Waals surface area contributed by atoms with Crippen molar-refractivity contribution in [3.63, 3.8) is 0 Å². The van der Waals surface area contributed by atoms with Crippen molar-refractivity contribution >= 4 is 94.5 Å². The molecule has 0 bridgehead atoms. The summed E-state index contributed by atoms with van der Waals surface area (Å²) < 4.78 is 0. The number of nitrogens with zero attached hydrogens (tertiary/aromatic N) is 1. The topological polar surface area (TPSA) is 678 Å². The molecule has 3 aromatic carbocycles. The van der Waals surface area contributed by atoms with Gasteiger partial charge < -0.3 is 127 Å². The number of carbonyl (C=O) groups is 16. The zero-order valence-corrected chi connectivity index (χ0v) is 66.0. The zero-order valence-electron chi connectivity index (χ0n) is 66.0. The van der Waals surface area contributed by atoms with Crippen LogP contribution in [0.3, 0.4) is 0 Å². The number of aromatic hydroxyl groups is 2. The summed E-state index contributed by atoms with van der Waals surface area (Å²) >= 11 is 0. The Balaban J connectivity index is 1.53. The summed E-state index contributed by atoms with van der Waals surface area (Å²) in [7, 11) is 0. The smallest absolute Gasteiger partial charge is 0.305 e. The molecule has 0 saturated carbocycles. The number of rotatable bonds is 51. The second-order valence-corrected chi connectivity index (χ2v) is 28.9. The number of carboxylic acid groups (broad SMARTS) is 1. The molecular formula is C76H110N18O23. The number of unbranched alkanes of at least 4 members (excludes halogenated alkanes) is 1. The molecule has 0 radical (unpaired) electrons. The predicted octanol–water partition coefficient (Wildman–Crippen LogP) is -6.60. The second kappa shape index (κ2) is 48.4. The third kappa shape index (κ3) is 33.7. The highest BCUT2D eigenvalue weighted by Crippen LogP contribution is 2.17. The number of amides is 14. The summed E-state index contributed by atoms with van der Waals surface area (Å²) in [5, 5.41) is 104. The number of hydrogen-bond acceptors (Lipinski definition) is 25. The van der Waals surface area contributed by atoms with E-state index < -0.39 is 224 Å². The molecule has 0 spiro atoms. The Bertz CT molecular complexity index is 4020. The molecule has 4 aromatic rings. The molecule has 27 N–H and O–H groups in total. The monoisotopic (exact) mass is 1640 g/mol. The number of phenols is 2. The van der Waals surface area contributed by atoms with Gasteiger partial charge in [-0.15, -0.1) is 0 Å². The first-order valence-corrected chi connectivity index (χ1v) is 37.8. The van der Waals surface area contributed by atoms with Gasteiger partial charge in [0.05, 0.1) is 62.5 Å². The van der Waals surface area contributed by atoms with Crippen molar-refractivity contribution in [2.24, 2.45) is 23.1 Å². The third-order valence-electron chi connectivity index (χ3n) is 18.1. The fourth-order valence-corrected chi connectivity index (χ4v) is 11.5. The van der Waals surface area contributed by atoms with Crippen molar-refractivity contribution < 1.29 is 112 Å². The normalized spacial score (nSPS) is 14.9. The molecule has 0 aliphatic heterocycles. The van der Waals surface area contributed by atoms with Gasteiger partial charge in [0.25, 0.3) is 0 Å². The number of aliphatic carboxylic acids is 1. The fraction of sp³-hybridized carbons (Fsp3) is 0.513. The number of hydrogen-bond donors (Lipinski definition) is 24. The number of phenolic OH excluding ortho intramolecular Hbond substituents is 2. The number of aromatic nitrogens is 2. The lowest BCUT2D eigenvalue weighted by atomic mass is 9.97. The van der Waals surface area contributed by atoms with E-state index in [0.717, 1.165) is 13.8 Å². The molecule has 41 heteroatoms. The number of nitrogens with one attached hydrogen (secondary N) is 14. The summed E-state index contributed by atoms with van der Waals surface area (Å²) in [4.78, 5) is 225. The number of nitrogens with two attached hydrogens (primary N) is 3. The number of primary amides is 1. The van der Waals surface area contributed by atoms with Gasteiger partial charge in [0.15, 0.2) is 5.78 Å². The average Bonchev–Trinajstić information content (AvgIpc) is 0.928. The first-order valence-electron chi connectivity index (χ1n) is 37.8. The summed E-state index contributed by atoms with van der Waals surface area (Å²) in [5.74, 6) is -18.0. The number of carboxylic acids is 1. The van der Waals surface area contributed by atoms with Crippen LogP contribution in [0, 0.1) is 5.92 Å². The van der Waals surface area contributed by atoms with Crippen molar-refractivity contribution in [3.8, 4) is 11.5 Å². The van der Waals surface area contributed by atoms with Gasteiger partial charge in [-0.05, 0) is 113 Å². The zero-order chi connectivity index (χ0) is 87.4. The van der Waals surface area contributed by atoms with Gasteiger partial charge in [0.2, 0.25) is 82.7 Å². The van der Waals surface area contributed by atoms with E-state index in [9.17, 15) is 112 Å². The van der Waals surface area contributed by atoms with Crippen LogP contribution in [0.25, 0.3) is 0 Å². The number of aliphatic hydroxyl groups excluding tert-OH is 4. The van der Waals surface area contributed by atoms with Crippen molar-refractivity contribution in [1.29, 1.82) is 0 Å². The van der Waals surface area contributed by atoms with Gasteiger partial charge in [-0.3, -0.25) is 76.7 Å². The molecule has 117 heavy (non-hydrogen) atoms. The maximum atomic E-state index is 14.4. The van der Waals surface area contributed by atoms with E-state index >= 15 is 0 Å². The maximum Gasteiger partial charge on any atom is 0.305 e. The molecule has 14 amide bonds. The molecule has 0 aliphatic carbocycles. The van der Waals surface area contributed by atoms with Crippen LogP contribution in [-0.2, 0) is 102 Å². The molecular weight excluding hydrogens is 1530 g/mol.